The van der Waals surface area contributed by atoms with E-state index < -0.39 is 17.9 Å². The smallest absolute Gasteiger partial charge is 0.326 e. The number of carbonyl (C=O) groups is 2. The number of hydrogen-bond donors (Lipinski definition) is 2. The maximum atomic E-state index is 12.8. The zero-order valence-corrected chi connectivity index (χ0v) is 16.8. The molecule has 0 aliphatic heterocycles. The molecular formula is C22H22N2O6. The molecule has 1 amide bonds. The molecular weight excluding hydrogens is 388 g/mol. The van der Waals surface area contributed by atoms with Crippen LogP contribution in [-0.4, -0.2) is 52.2 Å². The molecule has 8 heteroatoms. The molecule has 0 aliphatic rings. The summed E-state index contributed by atoms with van der Waals surface area (Å²) in [7, 11) is 2.84. The second-order valence-corrected chi connectivity index (χ2v) is 6.74. The largest absolute Gasteiger partial charge is 0.505 e. The van der Waals surface area contributed by atoms with Gasteiger partial charge in [-0.2, -0.15) is 0 Å². The number of aliphatic carboxylic acids is 1. The normalized spacial score (nSPS) is 11.8. The number of ether oxygens (including phenoxy) is 2. The molecule has 8 nitrogen and oxygen atoms in total. The summed E-state index contributed by atoms with van der Waals surface area (Å²) in [6, 6.07) is 13.1. The fourth-order valence-electron chi connectivity index (χ4n) is 2.94. The fraction of sp³-hybridized carbons (Fsp3) is 0.227. The quantitative estimate of drug-likeness (QED) is 0.614. The van der Waals surface area contributed by atoms with Crippen LogP contribution in [-0.2, 0) is 16.1 Å². The Hall–Kier alpha value is -3.65. The molecule has 1 unspecified atom stereocenters. The zero-order chi connectivity index (χ0) is 21.8. The van der Waals surface area contributed by atoms with E-state index >= 15 is 0 Å². The Morgan fingerprint density at radius 3 is 2.43 bits per heavy atom. The first-order chi connectivity index (χ1) is 14.3. The van der Waals surface area contributed by atoms with Gasteiger partial charge in [0, 0.05) is 24.9 Å². The average Bonchev–Trinajstić information content (AvgIpc) is 2.75. The molecule has 0 saturated heterocycles. The predicted molar refractivity (Wildman–Crippen MR) is 110 cm³/mol. The van der Waals surface area contributed by atoms with Gasteiger partial charge in [0.25, 0.3) is 5.91 Å². The summed E-state index contributed by atoms with van der Waals surface area (Å²) in [6.45, 7) is 1.46. The summed E-state index contributed by atoms with van der Waals surface area (Å²) in [6.07, 6.45) is 0. The minimum atomic E-state index is -1.16. The third-order valence-electron chi connectivity index (χ3n) is 4.75. The third kappa shape index (κ3) is 4.18. The van der Waals surface area contributed by atoms with Crippen molar-refractivity contribution >= 4 is 22.6 Å². The number of nitrogens with zero attached hydrogens (tertiary/aromatic N) is 2. The molecule has 1 aromatic heterocycles. The monoisotopic (exact) mass is 410 g/mol. The van der Waals surface area contributed by atoms with Gasteiger partial charge >= 0.3 is 5.97 Å². The number of pyridine rings is 1. The lowest BCUT2D eigenvalue weighted by Gasteiger charge is -2.22. The van der Waals surface area contributed by atoms with E-state index in [-0.39, 0.29) is 18.1 Å². The molecule has 2 N–H and O–H groups in total. The highest BCUT2D eigenvalue weighted by Crippen LogP contribution is 2.34. The lowest BCUT2D eigenvalue weighted by atomic mass is 10.1. The SMILES string of the molecule is COCc1nc(C(=O)N(C)C(C)C(=O)O)c(O)c2ccc(Oc3ccccc3)cc12. The van der Waals surface area contributed by atoms with Crippen molar-refractivity contribution in [3.63, 3.8) is 0 Å². The lowest BCUT2D eigenvalue weighted by molar-refractivity contribution is -0.141. The van der Waals surface area contributed by atoms with E-state index in [1.54, 1.807) is 18.2 Å². The molecule has 0 fully saturated rings. The Kier molecular flexibility index (Phi) is 6.17. The van der Waals surface area contributed by atoms with Crippen LogP contribution in [0.4, 0.5) is 0 Å². The van der Waals surface area contributed by atoms with Gasteiger partial charge < -0.3 is 24.6 Å². The van der Waals surface area contributed by atoms with Crippen molar-refractivity contribution in [2.75, 3.05) is 14.2 Å². The molecule has 0 spiro atoms. The Morgan fingerprint density at radius 2 is 1.80 bits per heavy atom. The van der Waals surface area contributed by atoms with Gasteiger partial charge in [-0.15, -0.1) is 0 Å². The van der Waals surface area contributed by atoms with E-state index in [9.17, 15) is 14.7 Å². The van der Waals surface area contributed by atoms with Crippen LogP contribution in [0.2, 0.25) is 0 Å². The number of aromatic nitrogens is 1. The summed E-state index contributed by atoms with van der Waals surface area (Å²) in [5, 5.41) is 20.8. The first-order valence-corrected chi connectivity index (χ1v) is 9.21. The molecule has 0 saturated carbocycles. The van der Waals surface area contributed by atoms with Crippen LogP contribution in [0.1, 0.15) is 23.1 Å². The van der Waals surface area contributed by atoms with Crippen molar-refractivity contribution in [1.29, 1.82) is 0 Å². The summed E-state index contributed by atoms with van der Waals surface area (Å²) in [5.74, 6) is -1.01. The van der Waals surface area contributed by atoms with Crippen molar-refractivity contribution in [3.05, 3.63) is 59.9 Å². The Balaban J connectivity index is 2.07. The summed E-state index contributed by atoms with van der Waals surface area (Å²) in [5.41, 5.74) is 0.186. The van der Waals surface area contributed by atoms with Gasteiger partial charge in [0.05, 0.1) is 12.3 Å². The van der Waals surface area contributed by atoms with Crippen molar-refractivity contribution in [2.45, 2.75) is 19.6 Å². The summed E-state index contributed by atoms with van der Waals surface area (Å²) < 4.78 is 11.1. The van der Waals surface area contributed by atoms with E-state index in [0.717, 1.165) is 4.90 Å². The Morgan fingerprint density at radius 1 is 1.10 bits per heavy atom. The van der Waals surface area contributed by atoms with Crippen molar-refractivity contribution in [3.8, 4) is 17.2 Å². The highest BCUT2D eigenvalue weighted by Gasteiger charge is 2.27. The van der Waals surface area contributed by atoms with E-state index in [1.165, 1.54) is 21.1 Å². The number of carboxylic acids is 1. The van der Waals surface area contributed by atoms with Crippen molar-refractivity contribution < 1.29 is 29.3 Å². The average molecular weight is 410 g/mol. The van der Waals surface area contributed by atoms with Crippen LogP contribution >= 0.6 is 0 Å². The van der Waals surface area contributed by atoms with Crippen LogP contribution in [0.15, 0.2) is 48.5 Å². The van der Waals surface area contributed by atoms with Crippen molar-refractivity contribution in [2.24, 2.45) is 0 Å². The molecule has 0 radical (unpaired) electrons. The van der Waals surface area contributed by atoms with Crippen LogP contribution in [0.3, 0.4) is 0 Å². The third-order valence-corrected chi connectivity index (χ3v) is 4.75. The zero-order valence-electron chi connectivity index (χ0n) is 16.8. The van der Waals surface area contributed by atoms with Gasteiger partial charge in [0.15, 0.2) is 11.4 Å². The fourth-order valence-corrected chi connectivity index (χ4v) is 2.94. The lowest BCUT2D eigenvalue weighted by Crippen LogP contribution is -2.40. The number of benzene rings is 2. The second-order valence-electron chi connectivity index (χ2n) is 6.74. The maximum Gasteiger partial charge on any atom is 0.326 e. The number of likely N-dealkylation sites (N-methyl/N-ethyl adjacent to an activating group) is 1. The molecule has 2 aromatic carbocycles. The number of amides is 1. The number of aromatic hydroxyl groups is 1. The number of carbonyl (C=O) groups excluding carboxylic acids is 1. The van der Waals surface area contributed by atoms with Gasteiger partial charge in [-0.25, -0.2) is 9.78 Å². The molecule has 3 aromatic rings. The highest BCUT2D eigenvalue weighted by atomic mass is 16.5. The summed E-state index contributed by atoms with van der Waals surface area (Å²) >= 11 is 0. The molecule has 0 aliphatic carbocycles. The van der Waals surface area contributed by atoms with Crippen LogP contribution in [0.5, 0.6) is 17.2 Å². The van der Waals surface area contributed by atoms with E-state index in [1.807, 2.05) is 30.3 Å². The van der Waals surface area contributed by atoms with Gasteiger partial charge in [-0.3, -0.25) is 4.79 Å². The Bertz CT molecular complexity index is 1080. The minimum absolute atomic E-state index is 0.0873. The van der Waals surface area contributed by atoms with Crippen molar-refractivity contribution in [1.82, 2.24) is 9.88 Å². The minimum Gasteiger partial charge on any atom is -0.505 e. The molecule has 156 valence electrons. The van der Waals surface area contributed by atoms with Gasteiger partial charge in [0.1, 0.15) is 17.5 Å². The standard InChI is InChI=1S/C22H22N2O6/c1-13(22(27)28)24(2)21(26)19-20(25)16-10-9-15(30-14-7-5-4-6-8-14)11-17(16)18(23-19)12-29-3/h4-11,13,25H,12H2,1-3H3,(H,27,28). The van der Waals surface area contributed by atoms with Gasteiger partial charge in [-0.1, -0.05) is 18.2 Å². The molecule has 0 bridgehead atoms. The number of para-hydroxylation sites is 1. The van der Waals surface area contributed by atoms with E-state index in [4.69, 9.17) is 14.6 Å². The first kappa shape index (κ1) is 21.1. The topological polar surface area (TPSA) is 109 Å². The Labute approximate surface area is 173 Å². The molecule has 1 heterocycles. The molecule has 1 atom stereocenters. The second kappa shape index (κ2) is 8.79. The van der Waals surface area contributed by atoms with Crippen LogP contribution in [0, 0.1) is 0 Å². The molecule has 3 rings (SSSR count). The van der Waals surface area contributed by atoms with E-state index in [0.29, 0.717) is 28.0 Å². The van der Waals surface area contributed by atoms with Crippen LogP contribution in [0.25, 0.3) is 10.8 Å². The number of methoxy groups -OCH3 is 1. The highest BCUT2D eigenvalue weighted by molar-refractivity contribution is 6.03. The van der Waals surface area contributed by atoms with E-state index in [2.05, 4.69) is 4.98 Å². The number of carboxylic acid groups (broad SMARTS) is 1. The summed E-state index contributed by atoms with van der Waals surface area (Å²) in [4.78, 5) is 29.3. The number of hydrogen-bond acceptors (Lipinski definition) is 6. The first-order valence-electron chi connectivity index (χ1n) is 9.21. The predicted octanol–water partition coefficient (Wildman–Crippen LogP) is 3.42. The molecule has 30 heavy (non-hydrogen) atoms. The van der Waals surface area contributed by atoms with Gasteiger partial charge in [0.2, 0.25) is 0 Å². The maximum absolute atomic E-state index is 12.8. The van der Waals surface area contributed by atoms with Crippen LogP contribution < -0.4 is 4.74 Å². The number of rotatable bonds is 7. The van der Waals surface area contributed by atoms with Gasteiger partial charge in [-0.05, 0) is 37.3 Å². The number of fused-ring (bicyclic) bond motifs is 1.